The van der Waals surface area contributed by atoms with Gasteiger partial charge in [0.2, 0.25) is 0 Å². The number of rotatable bonds is 3. The molecule has 0 aliphatic heterocycles. The van der Waals surface area contributed by atoms with Gasteiger partial charge in [0.15, 0.2) is 11.5 Å². The lowest BCUT2D eigenvalue weighted by atomic mass is 10.2. The Balaban J connectivity index is 3.49. The summed E-state index contributed by atoms with van der Waals surface area (Å²) in [5, 5.41) is 11.5. The second kappa shape index (κ2) is 6.02. The first kappa shape index (κ1) is 14.0. The van der Waals surface area contributed by atoms with E-state index in [9.17, 15) is 4.79 Å². The second-order valence-corrected chi connectivity index (χ2v) is 4.60. The standard InChI is InChI=1S/C10H9Br2NO4/c1-5(14)17-10-6(4-13-15)9(12)7(11)3-8(10)16-2/h3-4,15H,1-2H3/b13-4+. The number of carbonyl (C=O) groups is 1. The fourth-order valence-corrected chi connectivity index (χ4v) is 2.00. The Hall–Kier alpha value is -1.08. The number of hydrogen-bond donors (Lipinski definition) is 1. The Kier molecular flexibility index (Phi) is 4.95. The highest BCUT2D eigenvalue weighted by Crippen LogP contribution is 2.40. The van der Waals surface area contributed by atoms with Gasteiger partial charge in [0, 0.05) is 15.9 Å². The van der Waals surface area contributed by atoms with Crippen LogP contribution in [0.25, 0.3) is 0 Å². The number of carbonyl (C=O) groups excluding carboxylic acids is 1. The van der Waals surface area contributed by atoms with Crippen molar-refractivity contribution in [3.05, 3.63) is 20.6 Å². The van der Waals surface area contributed by atoms with Gasteiger partial charge in [0.05, 0.1) is 18.9 Å². The van der Waals surface area contributed by atoms with Crippen LogP contribution in [0, 0.1) is 0 Å². The molecule has 1 rings (SSSR count). The van der Waals surface area contributed by atoms with Crippen molar-refractivity contribution >= 4 is 44.0 Å². The van der Waals surface area contributed by atoms with Crippen LogP contribution in [-0.4, -0.2) is 24.5 Å². The maximum atomic E-state index is 11.0. The number of nitrogens with zero attached hydrogens (tertiary/aromatic N) is 1. The lowest BCUT2D eigenvalue weighted by Crippen LogP contribution is -2.06. The zero-order valence-electron chi connectivity index (χ0n) is 9.03. The quantitative estimate of drug-likeness (QED) is 0.293. The Morgan fingerprint density at radius 1 is 1.53 bits per heavy atom. The van der Waals surface area contributed by atoms with Crippen LogP contribution in [0.15, 0.2) is 20.2 Å². The van der Waals surface area contributed by atoms with Gasteiger partial charge in [-0.05, 0) is 37.9 Å². The molecule has 0 amide bonds. The summed E-state index contributed by atoms with van der Waals surface area (Å²) in [4.78, 5) is 11.0. The molecule has 0 aliphatic rings. The summed E-state index contributed by atoms with van der Waals surface area (Å²) in [6.07, 6.45) is 1.15. The van der Waals surface area contributed by atoms with Crippen molar-refractivity contribution in [2.75, 3.05) is 7.11 Å². The summed E-state index contributed by atoms with van der Waals surface area (Å²) in [5.41, 5.74) is 0.397. The minimum absolute atomic E-state index is 0.188. The van der Waals surface area contributed by atoms with Gasteiger partial charge in [-0.2, -0.15) is 0 Å². The van der Waals surface area contributed by atoms with E-state index in [4.69, 9.17) is 14.7 Å². The molecule has 1 N–H and O–H groups in total. The van der Waals surface area contributed by atoms with E-state index < -0.39 is 5.97 Å². The molecule has 1 aromatic rings. The highest BCUT2D eigenvalue weighted by atomic mass is 79.9. The van der Waals surface area contributed by atoms with Crippen LogP contribution in [0.5, 0.6) is 11.5 Å². The average molecular weight is 367 g/mol. The third kappa shape index (κ3) is 3.19. The van der Waals surface area contributed by atoms with Crippen molar-refractivity contribution in [2.24, 2.45) is 5.16 Å². The zero-order chi connectivity index (χ0) is 13.0. The highest BCUT2D eigenvalue weighted by molar-refractivity contribution is 9.13. The Labute approximate surface area is 115 Å². The minimum atomic E-state index is -0.495. The highest BCUT2D eigenvalue weighted by Gasteiger charge is 2.18. The molecule has 7 heteroatoms. The molecule has 0 saturated heterocycles. The SMILES string of the molecule is COc1cc(Br)c(Br)c(/C=N/O)c1OC(C)=O. The van der Waals surface area contributed by atoms with Crippen molar-refractivity contribution < 1.29 is 19.5 Å². The molecular formula is C10H9Br2NO4. The number of esters is 1. The molecule has 0 bridgehead atoms. The van der Waals surface area contributed by atoms with Gasteiger partial charge in [-0.1, -0.05) is 5.16 Å². The van der Waals surface area contributed by atoms with Gasteiger partial charge in [0.1, 0.15) is 0 Å². The summed E-state index contributed by atoms with van der Waals surface area (Å²) < 4.78 is 11.4. The first-order valence-electron chi connectivity index (χ1n) is 4.43. The topological polar surface area (TPSA) is 68.1 Å². The molecule has 0 spiro atoms. The van der Waals surface area contributed by atoms with Crippen LogP contribution in [0.1, 0.15) is 12.5 Å². The monoisotopic (exact) mass is 365 g/mol. The number of ether oxygens (including phenoxy) is 2. The van der Waals surface area contributed by atoms with Crippen molar-refractivity contribution in [1.29, 1.82) is 0 Å². The number of methoxy groups -OCH3 is 1. The predicted molar refractivity (Wildman–Crippen MR) is 69.1 cm³/mol. The Morgan fingerprint density at radius 3 is 2.65 bits per heavy atom. The molecule has 5 nitrogen and oxygen atoms in total. The van der Waals surface area contributed by atoms with Crippen LogP contribution in [0.4, 0.5) is 0 Å². The lowest BCUT2D eigenvalue weighted by molar-refractivity contribution is -0.132. The van der Waals surface area contributed by atoms with Crippen molar-refractivity contribution in [1.82, 2.24) is 0 Å². The fourth-order valence-electron chi connectivity index (χ4n) is 1.18. The Bertz CT molecular complexity index is 474. The van der Waals surface area contributed by atoms with Gasteiger partial charge in [-0.3, -0.25) is 4.79 Å². The predicted octanol–water partition coefficient (Wildman–Crippen LogP) is 2.95. The van der Waals surface area contributed by atoms with Crippen LogP contribution in [0.3, 0.4) is 0 Å². The largest absolute Gasteiger partial charge is 0.493 e. The third-order valence-corrected chi connectivity index (χ3v) is 3.84. The molecule has 0 aromatic heterocycles. The van der Waals surface area contributed by atoms with E-state index in [0.717, 1.165) is 6.21 Å². The average Bonchev–Trinajstić information content (AvgIpc) is 2.27. The van der Waals surface area contributed by atoms with E-state index in [1.807, 2.05) is 0 Å². The van der Waals surface area contributed by atoms with E-state index >= 15 is 0 Å². The van der Waals surface area contributed by atoms with Crippen molar-refractivity contribution in [3.8, 4) is 11.5 Å². The molecule has 17 heavy (non-hydrogen) atoms. The lowest BCUT2D eigenvalue weighted by Gasteiger charge is -2.13. The molecule has 0 radical (unpaired) electrons. The molecule has 0 atom stereocenters. The number of hydrogen-bond acceptors (Lipinski definition) is 5. The smallest absolute Gasteiger partial charge is 0.308 e. The number of halogens is 2. The summed E-state index contributed by atoms with van der Waals surface area (Å²) >= 11 is 6.59. The van der Waals surface area contributed by atoms with Crippen LogP contribution in [-0.2, 0) is 4.79 Å². The van der Waals surface area contributed by atoms with E-state index in [1.165, 1.54) is 14.0 Å². The van der Waals surface area contributed by atoms with Gasteiger partial charge < -0.3 is 14.7 Å². The van der Waals surface area contributed by atoms with Gasteiger partial charge in [0.25, 0.3) is 0 Å². The third-order valence-electron chi connectivity index (χ3n) is 1.82. The fraction of sp³-hybridized carbons (Fsp3) is 0.200. The van der Waals surface area contributed by atoms with Crippen LogP contribution < -0.4 is 9.47 Å². The first-order chi connectivity index (χ1) is 8.01. The molecular weight excluding hydrogens is 358 g/mol. The zero-order valence-corrected chi connectivity index (χ0v) is 12.2. The summed E-state index contributed by atoms with van der Waals surface area (Å²) in [6, 6.07) is 1.64. The summed E-state index contributed by atoms with van der Waals surface area (Å²) in [7, 11) is 1.45. The summed E-state index contributed by atoms with van der Waals surface area (Å²) in [6.45, 7) is 1.27. The maximum absolute atomic E-state index is 11.0. The number of benzene rings is 1. The first-order valence-corrected chi connectivity index (χ1v) is 6.01. The van der Waals surface area contributed by atoms with E-state index in [2.05, 4.69) is 37.0 Å². The number of oxime groups is 1. The maximum Gasteiger partial charge on any atom is 0.308 e. The van der Waals surface area contributed by atoms with E-state index in [1.54, 1.807) is 6.07 Å². The molecule has 0 unspecified atom stereocenters. The van der Waals surface area contributed by atoms with Gasteiger partial charge >= 0.3 is 5.97 Å². The molecule has 0 saturated carbocycles. The van der Waals surface area contributed by atoms with E-state index in [-0.39, 0.29) is 5.75 Å². The molecule has 0 fully saturated rings. The van der Waals surface area contributed by atoms with Crippen molar-refractivity contribution in [2.45, 2.75) is 6.92 Å². The molecule has 0 heterocycles. The van der Waals surface area contributed by atoms with Gasteiger partial charge in [-0.25, -0.2) is 0 Å². The van der Waals surface area contributed by atoms with Crippen molar-refractivity contribution in [3.63, 3.8) is 0 Å². The van der Waals surface area contributed by atoms with E-state index in [0.29, 0.717) is 20.3 Å². The molecule has 92 valence electrons. The van der Waals surface area contributed by atoms with Crippen LogP contribution >= 0.6 is 31.9 Å². The molecule has 0 aliphatic carbocycles. The van der Waals surface area contributed by atoms with Crippen LogP contribution in [0.2, 0.25) is 0 Å². The minimum Gasteiger partial charge on any atom is -0.493 e. The normalized spacial score (nSPS) is 10.6. The second-order valence-electron chi connectivity index (χ2n) is 2.96. The summed E-state index contributed by atoms with van der Waals surface area (Å²) in [5.74, 6) is 0.0446. The Morgan fingerprint density at radius 2 is 2.18 bits per heavy atom. The molecule has 1 aromatic carbocycles. The van der Waals surface area contributed by atoms with Gasteiger partial charge in [-0.15, -0.1) is 0 Å².